The highest BCUT2D eigenvalue weighted by Gasteiger charge is 2.36. The van der Waals surface area contributed by atoms with Crippen LogP contribution < -0.4 is 14.4 Å². The first-order valence-electron chi connectivity index (χ1n) is 8.76. The topological polar surface area (TPSA) is 47.5 Å². The quantitative estimate of drug-likeness (QED) is 0.636. The summed E-state index contributed by atoms with van der Waals surface area (Å²) >= 11 is 0. The molecule has 0 saturated heterocycles. The van der Waals surface area contributed by atoms with Gasteiger partial charge in [-0.05, 0) is 36.6 Å². The Bertz CT molecular complexity index is 734. The van der Waals surface area contributed by atoms with Crippen molar-refractivity contribution in [1.29, 1.82) is 0 Å². The van der Waals surface area contributed by atoms with Crippen molar-refractivity contribution < 1.29 is 22.6 Å². The SMILES string of the molecule is CCCOc1ncc(C(F)(F)F)c(N(C)c2ccc(OCC(C)C)cc2)n1. The van der Waals surface area contributed by atoms with E-state index in [1.807, 2.05) is 20.8 Å². The van der Waals surface area contributed by atoms with E-state index in [2.05, 4.69) is 9.97 Å². The van der Waals surface area contributed by atoms with Crippen LogP contribution in [0.15, 0.2) is 30.5 Å². The zero-order chi connectivity index (χ0) is 20.0. The summed E-state index contributed by atoms with van der Waals surface area (Å²) in [6, 6.07) is 6.73. The Morgan fingerprint density at radius 3 is 2.33 bits per heavy atom. The van der Waals surface area contributed by atoms with E-state index in [-0.39, 0.29) is 11.8 Å². The number of anilines is 2. The number of nitrogens with zero attached hydrogens (tertiary/aromatic N) is 3. The molecule has 0 spiro atoms. The summed E-state index contributed by atoms with van der Waals surface area (Å²) in [5.74, 6) is 0.773. The molecule has 0 radical (unpaired) electrons. The number of alkyl halides is 3. The van der Waals surface area contributed by atoms with E-state index in [1.54, 1.807) is 24.3 Å². The first-order chi connectivity index (χ1) is 12.7. The van der Waals surface area contributed by atoms with E-state index < -0.39 is 11.7 Å². The Labute approximate surface area is 157 Å². The smallest absolute Gasteiger partial charge is 0.421 e. The highest BCUT2D eigenvalue weighted by molar-refractivity contribution is 5.63. The summed E-state index contributed by atoms with van der Waals surface area (Å²) in [7, 11) is 1.52. The number of hydrogen-bond acceptors (Lipinski definition) is 5. The van der Waals surface area contributed by atoms with E-state index in [1.165, 1.54) is 11.9 Å². The number of aromatic nitrogens is 2. The molecule has 2 aromatic rings. The fraction of sp³-hybridized carbons (Fsp3) is 0.474. The molecule has 8 heteroatoms. The molecule has 0 saturated carbocycles. The van der Waals surface area contributed by atoms with E-state index in [9.17, 15) is 13.2 Å². The van der Waals surface area contributed by atoms with Gasteiger partial charge in [-0.2, -0.15) is 18.2 Å². The number of halogens is 3. The molecule has 1 aromatic carbocycles. The number of ether oxygens (including phenoxy) is 2. The molecule has 27 heavy (non-hydrogen) atoms. The van der Waals surface area contributed by atoms with Gasteiger partial charge in [0.2, 0.25) is 0 Å². The van der Waals surface area contributed by atoms with Gasteiger partial charge in [-0.25, -0.2) is 4.98 Å². The Hall–Kier alpha value is -2.51. The van der Waals surface area contributed by atoms with E-state index in [0.29, 0.717) is 37.0 Å². The molecule has 0 fully saturated rings. The monoisotopic (exact) mass is 383 g/mol. The second-order valence-corrected chi connectivity index (χ2v) is 6.49. The molecule has 148 valence electrons. The lowest BCUT2D eigenvalue weighted by Gasteiger charge is -2.23. The van der Waals surface area contributed by atoms with Crippen LogP contribution in [0.4, 0.5) is 24.7 Å². The molecule has 0 bridgehead atoms. The van der Waals surface area contributed by atoms with Gasteiger partial charge in [0.05, 0.1) is 13.2 Å². The summed E-state index contributed by atoms with van der Waals surface area (Å²) in [6.45, 7) is 6.86. The van der Waals surface area contributed by atoms with Gasteiger partial charge in [0, 0.05) is 18.9 Å². The van der Waals surface area contributed by atoms with E-state index >= 15 is 0 Å². The van der Waals surface area contributed by atoms with Crippen LogP contribution in [0.25, 0.3) is 0 Å². The van der Waals surface area contributed by atoms with Crippen LogP contribution in [-0.2, 0) is 6.18 Å². The van der Waals surface area contributed by atoms with Gasteiger partial charge in [0.25, 0.3) is 0 Å². The fourth-order valence-electron chi connectivity index (χ4n) is 2.23. The Balaban J connectivity index is 2.30. The minimum atomic E-state index is -4.58. The summed E-state index contributed by atoms with van der Waals surface area (Å²) < 4.78 is 51.0. The molecular weight excluding hydrogens is 359 g/mol. The van der Waals surface area contributed by atoms with Crippen LogP contribution in [0.2, 0.25) is 0 Å². The van der Waals surface area contributed by atoms with E-state index in [4.69, 9.17) is 9.47 Å². The van der Waals surface area contributed by atoms with Gasteiger partial charge < -0.3 is 14.4 Å². The van der Waals surface area contributed by atoms with Gasteiger partial charge in [0.1, 0.15) is 11.3 Å². The van der Waals surface area contributed by atoms with Crippen LogP contribution in [0.5, 0.6) is 11.8 Å². The summed E-state index contributed by atoms with van der Waals surface area (Å²) in [6.07, 6.45) is -3.12. The van der Waals surface area contributed by atoms with Crippen LogP contribution in [-0.4, -0.2) is 30.2 Å². The maximum Gasteiger partial charge on any atom is 0.421 e. The Kier molecular flexibility index (Phi) is 6.87. The van der Waals surface area contributed by atoms with Gasteiger partial charge in [-0.1, -0.05) is 20.8 Å². The third kappa shape index (κ3) is 5.74. The number of benzene rings is 1. The maximum absolute atomic E-state index is 13.4. The summed E-state index contributed by atoms with van der Waals surface area (Å²) in [5.41, 5.74) is -0.383. The van der Waals surface area contributed by atoms with Gasteiger partial charge in [-0.15, -0.1) is 0 Å². The molecule has 0 aliphatic rings. The van der Waals surface area contributed by atoms with Crippen LogP contribution in [0.1, 0.15) is 32.8 Å². The second kappa shape index (κ2) is 8.92. The molecule has 5 nitrogen and oxygen atoms in total. The van der Waals surface area contributed by atoms with Crippen molar-refractivity contribution in [2.75, 3.05) is 25.2 Å². The van der Waals surface area contributed by atoms with Crippen molar-refractivity contribution in [1.82, 2.24) is 9.97 Å². The average molecular weight is 383 g/mol. The highest BCUT2D eigenvalue weighted by Crippen LogP contribution is 2.38. The predicted octanol–water partition coefficient (Wildman–Crippen LogP) is 5.09. The van der Waals surface area contributed by atoms with Gasteiger partial charge in [0.15, 0.2) is 5.82 Å². The number of hydrogen-bond donors (Lipinski definition) is 0. The van der Waals surface area contributed by atoms with Crippen molar-refractivity contribution in [2.45, 2.75) is 33.4 Å². The van der Waals surface area contributed by atoms with Crippen molar-refractivity contribution in [3.8, 4) is 11.8 Å². The zero-order valence-electron chi connectivity index (χ0n) is 15.9. The first-order valence-corrected chi connectivity index (χ1v) is 8.76. The molecule has 1 aromatic heterocycles. The minimum Gasteiger partial charge on any atom is -0.493 e. The van der Waals surface area contributed by atoms with Crippen molar-refractivity contribution in [3.63, 3.8) is 0 Å². The molecule has 1 heterocycles. The third-order valence-electron chi connectivity index (χ3n) is 3.61. The lowest BCUT2D eigenvalue weighted by Crippen LogP contribution is -2.19. The van der Waals surface area contributed by atoms with Crippen LogP contribution >= 0.6 is 0 Å². The lowest BCUT2D eigenvalue weighted by molar-refractivity contribution is -0.137. The Morgan fingerprint density at radius 2 is 1.78 bits per heavy atom. The predicted molar refractivity (Wildman–Crippen MR) is 97.7 cm³/mol. The molecule has 0 aliphatic heterocycles. The van der Waals surface area contributed by atoms with Crippen molar-refractivity contribution in [3.05, 3.63) is 36.0 Å². The summed E-state index contributed by atoms with van der Waals surface area (Å²) in [5, 5.41) is 0. The molecule has 0 amide bonds. The van der Waals surface area contributed by atoms with Crippen molar-refractivity contribution >= 4 is 11.5 Å². The lowest BCUT2D eigenvalue weighted by atomic mass is 10.2. The third-order valence-corrected chi connectivity index (χ3v) is 3.61. The molecule has 0 atom stereocenters. The van der Waals surface area contributed by atoms with Gasteiger partial charge >= 0.3 is 12.2 Å². The average Bonchev–Trinajstić information content (AvgIpc) is 2.63. The molecule has 0 aliphatic carbocycles. The second-order valence-electron chi connectivity index (χ2n) is 6.49. The van der Waals surface area contributed by atoms with Gasteiger partial charge in [-0.3, -0.25) is 0 Å². The molecule has 0 N–H and O–H groups in total. The first kappa shape index (κ1) is 20.8. The Morgan fingerprint density at radius 1 is 1.11 bits per heavy atom. The van der Waals surface area contributed by atoms with E-state index in [0.717, 1.165) is 6.20 Å². The largest absolute Gasteiger partial charge is 0.493 e. The summed E-state index contributed by atoms with van der Waals surface area (Å²) in [4.78, 5) is 9.01. The fourth-order valence-corrected chi connectivity index (χ4v) is 2.23. The normalized spacial score (nSPS) is 11.6. The number of rotatable bonds is 8. The zero-order valence-corrected chi connectivity index (χ0v) is 15.9. The molecule has 2 rings (SSSR count). The maximum atomic E-state index is 13.4. The standard InChI is InChI=1S/C19H24F3N3O2/c1-5-10-26-18-23-11-16(19(20,21)22)17(24-18)25(4)14-6-8-15(9-7-14)27-12-13(2)3/h6-9,11,13H,5,10,12H2,1-4H3. The van der Waals surface area contributed by atoms with Crippen molar-refractivity contribution in [2.24, 2.45) is 5.92 Å². The molecular formula is C19H24F3N3O2. The highest BCUT2D eigenvalue weighted by atomic mass is 19.4. The van der Waals surface area contributed by atoms with Crippen LogP contribution in [0.3, 0.4) is 0 Å². The minimum absolute atomic E-state index is 0.0800. The molecule has 0 unspecified atom stereocenters. The van der Waals surface area contributed by atoms with Crippen LogP contribution in [0, 0.1) is 5.92 Å².